The van der Waals surface area contributed by atoms with E-state index in [4.69, 9.17) is 9.47 Å². The molecular weight excluding hydrogens is 431 g/mol. The van der Waals surface area contributed by atoms with Gasteiger partial charge in [-0.25, -0.2) is 12.8 Å². The molecule has 0 bridgehead atoms. The molecule has 0 aliphatic carbocycles. The molecule has 2 saturated heterocycles. The third-order valence-electron chi connectivity index (χ3n) is 5.04. The normalized spacial score (nSPS) is 20.9. The van der Waals surface area contributed by atoms with Crippen molar-refractivity contribution in [3.63, 3.8) is 0 Å². The van der Waals surface area contributed by atoms with Crippen LogP contribution in [-0.2, 0) is 29.1 Å². The minimum atomic E-state index is -3.95. The monoisotopic (exact) mass is 458 g/mol. The van der Waals surface area contributed by atoms with E-state index >= 15 is 0 Å². The van der Waals surface area contributed by atoms with Crippen LogP contribution in [0.3, 0.4) is 0 Å². The van der Waals surface area contributed by atoms with Crippen molar-refractivity contribution in [1.82, 2.24) is 19.8 Å². The Kier molecular flexibility index (Phi) is 8.32. The van der Waals surface area contributed by atoms with Gasteiger partial charge in [0.2, 0.25) is 10.0 Å². The summed E-state index contributed by atoms with van der Waals surface area (Å²) in [6.45, 7) is 4.10. The first-order chi connectivity index (χ1) is 14.9. The molecule has 1 aromatic rings. The number of nitrogens with zero attached hydrogens (tertiary/aromatic N) is 2. The van der Waals surface area contributed by atoms with Crippen LogP contribution in [0.1, 0.15) is 6.42 Å². The lowest BCUT2D eigenvalue weighted by atomic mass is 10.3. The molecule has 0 aromatic heterocycles. The summed E-state index contributed by atoms with van der Waals surface area (Å²) in [5, 5.41) is 4.98. The molecule has 0 spiro atoms. The third-order valence-corrected chi connectivity index (χ3v) is 6.94. The van der Waals surface area contributed by atoms with Crippen LogP contribution in [0.15, 0.2) is 29.2 Å². The van der Waals surface area contributed by atoms with Crippen LogP contribution >= 0.6 is 0 Å². The Bertz CT molecular complexity index is 861. The van der Waals surface area contributed by atoms with Gasteiger partial charge in [-0.2, -0.15) is 4.31 Å². The van der Waals surface area contributed by atoms with Crippen LogP contribution in [0.2, 0.25) is 0 Å². The van der Waals surface area contributed by atoms with E-state index in [2.05, 4.69) is 15.5 Å². The highest BCUT2D eigenvalue weighted by Gasteiger charge is 2.35. The molecular formula is C19H27FN4O6S. The molecule has 10 nitrogen and oxygen atoms in total. The van der Waals surface area contributed by atoms with Crippen LogP contribution in [0, 0.1) is 5.82 Å². The molecule has 0 unspecified atom stereocenters. The van der Waals surface area contributed by atoms with Crippen molar-refractivity contribution in [2.45, 2.75) is 17.5 Å². The highest BCUT2D eigenvalue weighted by atomic mass is 32.2. The average molecular weight is 459 g/mol. The van der Waals surface area contributed by atoms with E-state index in [1.807, 2.05) is 0 Å². The van der Waals surface area contributed by atoms with Crippen molar-refractivity contribution in [2.75, 3.05) is 59.1 Å². The zero-order valence-electron chi connectivity index (χ0n) is 17.1. The second kappa shape index (κ2) is 11.0. The van der Waals surface area contributed by atoms with Gasteiger partial charge in [-0.1, -0.05) is 0 Å². The zero-order valence-corrected chi connectivity index (χ0v) is 17.9. The maximum absolute atomic E-state index is 13.1. The number of sulfonamides is 1. The molecule has 172 valence electrons. The Morgan fingerprint density at radius 1 is 1.03 bits per heavy atom. The van der Waals surface area contributed by atoms with Crippen molar-refractivity contribution in [1.29, 1.82) is 0 Å². The standard InChI is InChI=1S/C19H27FN4O6S/c20-15-2-4-16(5-3-15)31(27,28)24-7-1-11-30-17(24)14-22-19(26)18(25)21-6-8-23-9-12-29-13-10-23/h2-5,17H,1,6-14H2,(H,21,25)(H,22,26)/t17-/m0/s1. The van der Waals surface area contributed by atoms with Gasteiger partial charge in [0.25, 0.3) is 0 Å². The lowest BCUT2D eigenvalue weighted by molar-refractivity contribution is -0.140. The highest BCUT2D eigenvalue weighted by Crippen LogP contribution is 2.22. The van der Waals surface area contributed by atoms with E-state index in [9.17, 15) is 22.4 Å². The number of benzene rings is 1. The summed E-state index contributed by atoms with van der Waals surface area (Å²) < 4.78 is 50.8. The molecule has 2 aliphatic heterocycles. The fourth-order valence-electron chi connectivity index (χ4n) is 3.34. The van der Waals surface area contributed by atoms with E-state index < -0.39 is 33.9 Å². The number of halogens is 1. The summed E-state index contributed by atoms with van der Waals surface area (Å²) in [6, 6.07) is 4.49. The number of amides is 2. The zero-order chi connectivity index (χ0) is 22.3. The maximum atomic E-state index is 13.1. The van der Waals surface area contributed by atoms with Crippen LogP contribution < -0.4 is 10.6 Å². The third kappa shape index (κ3) is 6.43. The number of morpholine rings is 1. The molecule has 2 amide bonds. The molecule has 0 saturated carbocycles. The maximum Gasteiger partial charge on any atom is 0.309 e. The summed E-state index contributed by atoms with van der Waals surface area (Å²) in [5.41, 5.74) is 0. The van der Waals surface area contributed by atoms with E-state index in [1.54, 1.807) is 0 Å². The van der Waals surface area contributed by atoms with Gasteiger partial charge < -0.3 is 20.1 Å². The minimum Gasteiger partial charge on any atom is -0.379 e. The predicted molar refractivity (Wildman–Crippen MR) is 108 cm³/mol. The Balaban J connectivity index is 1.50. The minimum absolute atomic E-state index is 0.0726. The molecule has 2 aliphatic rings. The quantitative estimate of drug-likeness (QED) is 0.510. The topological polar surface area (TPSA) is 117 Å². The lowest BCUT2D eigenvalue weighted by Crippen LogP contribution is -2.53. The van der Waals surface area contributed by atoms with Gasteiger partial charge in [0.15, 0.2) is 0 Å². The summed E-state index contributed by atoms with van der Waals surface area (Å²) in [7, 11) is -3.95. The fraction of sp³-hybridized carbons (Fsp3) is 0.579. The molecule has 3 rings (SSSR count). The van der Waals surface area contributed by atoms with Gasteiger partial charge >= 0.3 is 11.8 Å². The molecule has 2 fully saturated rings. The van der Waals surface area contributed by atoms with E-state index in [0.717, 1.165) is 29.5 Å². The molecule has 2 N–H and O–H groups in total. The number of nitrogens with one attached hydrogen (secondary N) is 2. The van der Waals surface area contributed by atoms with E-state index in [0.29, 0.717) is 39.3 Å². The van der Waals surface area contributed by atoms with Crippen LogP contribution in [0.25, 0.3) is 0 Å². The Morgan fingerprint density at radius 2 is 1.71 bits per heavy atom. The molecule has 2 heterocycles. The van der Waals surface area contributed by atoms with Crippen LogP contribution in [0.5, 0.6) is 0 Å². The smallest absolute Gasteiger partial charge is 0.309 e. The second-order valence-corrected chi connectivity index (χ2v) is 9.06. The Hall–Kier alpha value is -2.12. The van der Waals surface area contributed by atoms with Crippen molar-refractivity contribution in [2.24, 2.45) is 0 Å². The number of hydrogen-bond donors (Lipinski definition) is 2. The first-order valence-electron chi connectivity index (χ1n) is 10.1. The van der Waals surface area contributed by atoms with E-state index in [1.165, 1.54) is 12.1 Å². The number of ether oxygens (including phenoxy) is 2. The molecule has 0 radical (unpaired) electrons. The van der Waals surface area contributed by atoms with E-state index in [-0.39, 0.29) is 18.0 Å². The fourth-order valence-corrected chi connectivity index (χ4v) is 4.90. The first kappa shape index (κ1) is 23.5. The van der Waals surface area contributed by atoms with Crippen LogP contribution in [-0.4, -0.2) is 94.8 Å². The predicted octanol–water partition coefficient (Wildman–Crippen LogP) is -0.873. The van der Waals surface area contributed by atoms with Crippen molar-refractivity contribution >= 4 is 21.8 Å². The summed E-state index contributed by atoms with van der Waals surface area (Å²) in [5.74, 6) is -2.20. The van der Waals surface area contributed by atoms with Gasteiger partial charge in [-0.05, 0) is 30.7 Å². The van der Waals surface area contributed by atoms with Gasteiger partial charge in [0.05, 0.1) is 31.3 Å². The number of carbonyl (C=O) groups excluding carboxylic acids is 2. The number of rotatable bonds is 7. The van der Waals surface area contributed by atoms with Crippen LogP contribution in [0.4, 0.5) is 4.39 Å². The molecule has 1 aromatic carbocycles. The largest absolute Gasteiger partial charge is 0.379 e. The summed E-state index contributed by atoms with van der Waals surface area (Å²) in [4.78, 5) is 26.2. The first-order valence-corrected chi connectivity index (χ1v) is 11.6. The van der Waals surface area contributed by atoms with Crippen molar-refractivity contribution < 1.29 is 31.9 Å². The van der Waals surface area contributed by atoms with Gasteiger partial charge in [0, 0.05) is 32.7 Å². The SMILES string of the molecule is O=C(NCCN1CCOCC1)C(=O)NC[C@@H]1OCCCN1S(=O)(=O)c1ccc(F)cc1. The lowest BCUT2D eigenvalue weighted by Gasteiger charge is -2.34. The van der Waals surface area contributed by atoms with Crippen molar-refractivity contribution in [3.05, 3.63) is 30.1 Å². The van der Waals surface area contributed by atoms with Gasteiger partial charge in [-0.15, -0.1) is 0 Å². The molecule has 31 heavy (non-hydrogen) atoms. The average Bonchev–Trinajstić information content (AvgIpc) is 2.78. The van der Waals surface area contributed by atoms with Gasteiger partial charge in [-0.3, -0.25) is 14.5 Å². The number of carbonyl (C=O) groups is 2. The molecule has 1 atom stereocenters. The Morgan fingerprint density at radius 3 is 2.42 bits per heavy atom. The highest BCUT2D eigenvalue weighted by molar-refractivity contribution is 7.89. The number of hydrogen-bond acceptors (Lipinski definition) is 7. The summed E-state index contributed by atoms with van der Waals surface area (Å²) in [6.07, 6.45) is -0.485. The van der Waals surface area contributed by atoms with Gasteiger partial charge in [0.1, 0.15) is 12.0 Å². The Labute approximate surface area is 180 Å². The summed E-state index contributed by atoms with van der Waals surface area (Å²) >= 11 is 0. The van der Waals surface area contributed by atoms with Crippen molar-refractivity contribution in [3.8, 4) is 0 Å². The second-order valence-electron chi connectivity index (χ2n) is 7.17. The molecule has 12 heteroatoms.